The summed E-state index contributed by atoms with van der Waals surface area (Å²) in [6.45, 7) is -0.440. The Balaban J connectivity index is 2.07. The topological polar surface area (TPSA) is 105 Å². The summed E-state index contributed by atoms with van der Waals surface area (Å²) in [5.74, 6) is 0. The summed E-state index contributed by atoms with van der Waals surface area (Å²) in [5, 5.41) is 29.1. The molecule has 0 spiro atoms. The van der Waals surface area contributed by atoms with Gasteiger partial charge in [0.15, 0.2) is 6.23 Å². The fourth-order valence-electron chi connectivity index (χ4n) is 2.37. The van der Waals surface area contributed by atoms with Gasteiger partial charge in [-0.2, -0.15) is 0 Å². The number of ether oxygens (including phenoxy) is 1. The fourth-order valence-corrected chi connectivity index (χ4v) is 2.37. The van der Waals surface area contributed by atoms with Gasteiger partial charge in [-0.15, -0.1) is 0 Å². The number of aliphatic hydroxyl groups is 3. The quantitative estimate of drug-likeness (QED) is 0.651. The Labute approximate surface area is 113 Å². The van der Waals surface area contributed by atoms with E-state index in [-0.39, 0.29) is 5.56 Å². The Bertz CT molecular complexity index is 686. The molecule has 20 heavy (non-hydrogen) atoms. The molecule has 7 nitrogen and oxygen atoms in total. The van der Waals surface area contributed by atoms with Crippen LogP contribution in [0.15, 0.2) is 35.4 Å². The number of fused-ring (bicyclic) bond motifs is 1. The van der Waals surface area contributed by atoms with E-state index in [2.05, 4.69) is 4.98 Å². The smallest absolute Gasteiger partial charge is 0.263 e. The van der Waals surface area contributed by atoms with E-state index < -0.39 is 31.1 Å². The van der Waals surface area contributed by atoms with E-state index >= 15 is 0 Å². The maximum atomic E-state index is 12.4. The lowest BCUT2D eigenvalue weighted by Crippen LogP contribution is -2.35. The Kier molecular flexibility index (Phi) is 3.27. The maximum absolute atomic E-state index is 12.4. The minimum absolute atomic E-state index is 0.370. The second-order valence-corrected chi connectivity index (χ2v) is 4.70. The van der Waals surface area contributed by atoms with Gasteiger partial charge in [-0.3, -0.25) is 9.36 Å². The van der Waals surface area contributed by atoms with Crippen molar-refractivity contribution >= 4 is 10.9 Å². The second-order valence-electron chi connectivity index (χ2n) is 4.70. The molecule has 1 aromatic heterocycles. The van der Waals surface area contributed by atoms with Crippen LogP contribution in [0.1, 0.15) is 6.23 Å². The fraction of sp³-hybridized carbons (Fsp3) is 0.385. The monoisotopic (exact) mass is 278 g/mol. The van der Waals surface area contributed by atoms with Crippen LogP contribution >= 0.6 is 0 Å². The van der Waals surface area contributed by atoms with Gasteiger partial charge in [0.2, 0.25) is 0 Å². The molecule has 4 atom stereocenters. The van der Waals surface area contributed by atoms with Gasteiger partial charge in [-0.05, 0) is 12.1 Å². The zero-order valence-corrected chi connectivity index (χ0v) is 10.5. The molecule has 2 heterocycles. The predicted octanol–water partition coefficient (Wildman–Crippen LogP) is -0.992. The molecule has 0 aliphatic carbocycles. The summed E-state index contributed by atoms with van der Waals surface area (Å²) in [5.41, 5.74) is 0.172. The summed E-state index contributed by atoms with van der Waals surface area (Å²) in [4.78, 5) is 16.5. The van der Waals surface area contributed by atoms with E-state index in [0.717, 1.165) is 4.57 Å². The Morgan fingerprint density at radius 2 is 2.00 bits per heavy atom. The number of aliphatic hydroxyl groups excluding tert-OH is 3. The van der Waals surface area contributed by atoms with Crippen molar-refractivity contribution in [2.45, 2.75) is 24.5 Å². The number of benzene rings is 1. The van der Waals surface area contributed by atoms with Gasteiger partial charge in [0.1, 0.15) is 24.6 Å². The van der Waals surface area contributed by atoms with Crippen molar-refractivity contribution in [3.8, 4) is 0 Å². The highest BCUT2D eigenvalue weighted by Gasteiger charge is 2.43. The average molecular weight is 278 g/mol. The van der Waals surface area contributed by atoms with E-state index in [1.807, 2.05) is 0 Å². The first kappa shape index (κ1) is 13.2. The van der Waals surface area contributed by atoms with Crippen molar-refractivity contribution in [3.05, 3.63) is 40.9 Å². The van der Waals surface area contributed by atoms with E-state index in [1.165, 1.54) is 6.33 Å². The Hall–Kier alpha value is -1.80. The van der Waals surface area contributed by atoms with Gasteiger partial charge >= 0.3 is 0 Å². The number of aromatic nitrogens is 2. The van der Waals surface area contributed by atoms with Gasteiger partial charge in [0.25, 0.3) is 5.56 Å². The molecule has 0 unspecified atom stereocenters. The van der Waals surface area contributed by atoms with Crippen LogP contribution in [0.5, 0.6) is 0 Å². The predicted molar refractivity (Wildman–Crippen MR) is 69.0 cm³/mol. The first-order valence-electron chi connectivity index (χ1n) is 6.22. The molecule has 7 heteroatoms. The first-order valence-corrected chi connectivity index (χ1v) is 6.22. The zero-order chi connectivity index (χ0) is 14.3. The Morgan fingerprint density at radius 3 is 2.70 bits per heavy atom. The molecule has 1 aliphatic heterocycles. The maximum Gasteiger partial charge on any atom is 0.263 e. The summed E-state index contributed by atoms with van der Waals surface area (Å²) in [6.07, 6.45) is -3.26. The molecular weight excluding hydrogens is 264 g/mol. The van der Waals surface area contributed by atoms with Gasteiger partial charge < -0.3 is 20.1 Å². The number of hydrogen-bond donors (Lipinski definition) is 3. The summed E-state index contributed by atoms with van der Waals surface area (Å²) >= 11 is 0. The van der Waals surface area contributed by atoms with E-state index in [0.29, 0.717) is 10.9 Å². The van der Waals surface area contributed by atoms with Crippen molar-refractivity contribution in [3.63, 3.8) is 0 Å². The molecule has 0 radical (unpaired) electrons. The summed E-state index contributed by atoms with van der Waals surface area (Å²) < 4.78 is 6.45. The summed E-state index contributed by atoms with van der Waals surface area (Å²) in [7, 11) is 0. The molecule has 2 aromatic rings. The number of para-hydroxylation sites is 1. The highest BCUT2D eigenvalue weighted by molar-refractivity contribution is 5.76. The lowest BCUT2D eigenvalue weighted by molar-refractivity contribution is -0.0545. The molecule has 1 saturated heterocycles. The molecule has 0 saturated carbocycles. The Morgan fingerprint density at radius 1 is 1.25 bits per heavy atom. The number of nitrogens with zero attached hydrogens (tertiary/aromatic N) is 2. The number of hydrogen-bond acceptors (Lipinski definition) is 6. The highest BCUT2D eigenvalue weighted by Crippen LogP contribution is 2.28. The van der Waals surface area contributed by atoms with Crippen molar-refractivity contribution in [2.24, 2.45) is 0 Å². The van der Waals surface area contributed by atoms with E-state index in [4.69, 9.17) is 9.84 Å². The second kappa shape index (κ2) is 4.95. The summed E-state index contributed by atoms with van der Waals surface area (Å²) in [6, 6.07) is 6.82. The largest absolute Gasteiger partial charge is 0.394 e. The van der Waals surface area contributed by atoms with Crippen molar-refractivity contribution in [2.75, 3.05) is 6.61 Å². The zero-order valence-electron chi connectivity index (χ0n) is 10.5. The molecule has 1 fully saturated rings. The van der Waals surface area contributed by atoms with Crippen LogP contribution in [-0.2, 0) is 4.74 Å². The molecule has 0 amide bonds. The average Bonchev–Trinajstić information content (AvgIpc) is 2.76. The van der Waals surface area contributed by atoms with Crippen LogP contribution in [0, 0.1) is 0 Å². The lowest BCUT2D eigenvalue weighted by atomic mass is 10.1. The molecular formula is C13H14N2O5. The van der Waals surface area contributed by atoms with Crippen LogP contribution in [0.3, 0.4) is 0 Å². The third-order valence-corrected chi connectivity index (χ3v) is 3.48. The minimum Gasteiger partial charge on any atom is -0.394 e. The van der Waals surface area contributed by atoms with Gasteiger partial charge in [-0.1, -0.05) is 12.1 Å². The molecule has 106 valence electrons. The molecule has 0 bridgehead atoms. The molecule has 3 N–H and O–H groups in total. The van der Waals surface area contributed by atoms with Crippen LogP contribution in [-0.4, -0.2) is 49.8 Å². The van der Waals surface area contributed by atoms with Crippen LogP contribution in [0.25, 0.3) is 10.9 Å². The van der Waals surface area contributed by atoms with Crippen molar-refractivity contribution in [1.82, 2.24) is 9.55 Å². The molecule has 3 rings (SSSR count). The van der Waals surface area contributed by atoms with E-state index in [1.54, 1.807) is 24.3 Å². The van der Waals surface area contributed by atoms with E-state index in [9.17, 15) is 15.0 Å². The third kappa shape index (κ3) is 1.92. The molecule has 1 aromatic carbocycles. The normalized spacial score (nSPS) is 29.9. The SMILES string of the molecule is O=c1c2ccccc2ncn1[C@@H]1O[C@@H](CO)[C@@H](O)[C@@H]1O. The van der Waals surface area contributed by atoms with Crippen LogP contribution in [0.4, 0.5) is 0 Å². The van der Waals surface area contributed by atoms with Crippen molar-refractivity contribution in [1.29, 1.82) is 0 Å². The minimum atomic E-state index is -1.30. The molecule has 1 aliphatic rings. The lowest BCUT2D eigenvalue weighted by Gasteiger charge is -2.17. The van der Waals surface area contributed by atoms with Crippen molar-refractivity contribution < 1.29 is 20.1 Å². The van der Waals surface area contributed by atoms with Crippen LogP contribution in [0.2, 0.25) is 0 Å². The highest BCUT2D eigenvalue weighted by atomic mass is 16.6. The van der Waals surface area contributed by atoms with Crippen LogP contribution < -0.4 is 5.56 Å². The van der Waals surface area contributed by atoms with Gasteiger partial charge in [0.05, 0.1) is 17.5 Å². The van der Waals surface area contributed by atoms with Gasteiger partial charge in [0, 0.05) is 0 Å². The van der Waals surface area contributed by atoms with Gasteiger partial charge in [-0.25, -0.2) is 4.98 Å². The third-order valence-electron chi connectivity index (χ3n) is 3.48. The standard InChI is InChI=1S/C13H14N2O5/c16-5-9-10(17)11(18)13(20-9)15-6-14-8-4-2-1-3-7(8)12(15)19/h1-4,6,9-11,13,16-18H,5H2/t9-,10+,11-,13+/m0/s1. The first-order chi connectivity index (χ1) is 9.63. The number of rotatable bonds is 2.